The molecule has 0 aliphatic heterocycles. The maximum Gasteiger partial charge on any atom is 0.246 e. The van der Waals surface area contributed by atoms with Crippen LogP contribution >= 0.6 is 0 Å². The largest absolute Gasteiger partial charge is 0.480 e. The van der Waals surface area contributed by atoms with Gasteiger partial charge in [0.2, 0.25) is 11.5 Å². The van der Waals surface area contributed by atoms with Crippen LogP contribution in [0.25, 0.3) is 11.0 Å². The second-order valence-electron chi connectivity index (χ2n) is 4.06. The van der Waals surface area contributed by atoms with Crippen LogP contribution in [-0.4, -0.2) is 12.4 Å². The molecule has 0 aliphatic rings. The van der Waals surface area contributed by atoms with E-state index in [1.165, 1.54) is 6.26 Å². The molecule has 0 saturated carbocycles. The Kier molecular flexibility index (Phi) is 2.98. The van der Waals surface area contributed by atoms with Gasteiger partial charge in [-0.1, -0.05) is 12.1 Å². The molecule has 0 saturated heterocycles. The summed E-state index contributed by atoms with van der Waals surface area (Å²) >= 11 is 0. The summed E-state index contributed by atoms with van der Waals surface area (Å²) in [7, 11) is 0. The highest BCUT2D eigenvalue weighted by Crippen LogP contribution is 2.32. The smallest absolute Gasteiger partial charge is 0.246 e. The van der Waals surface area contributed by atoms with Crippen LogP contribution in [0, 0.1) is 11.3 Å². The van der Waals surface area contributed by atoms with E-state index in [9.17, 15) is 4.79 Å². The van der Waals surface area contributed by atoms with Gasteiger partial charge in [0.15, 0.2) is 18.1 Å². The number of fused-ring (bicyclic) bond motifs is 1. The van der Waals surface area contributed by atoms with Gasteiger partial charge in [0.05, 0.1) is 11.6 Å². The molecule has 0 amide bonds. The molecule has 0 unspecified atom stereocenters. The van der Waals surface area contributed by atoms with E-state index in [2.05, 4.69) is 0 Å². The average molecular weight is 267 g/mol. The molecule has 1 aromatic carbocycles. The van der Waals surface area contributed by atoms with Crippen molar-refractivity contribution in [3.8, 4) is 11.8 Å². The standard InChI is InChI=1S/C15H9NO4/c16-8-14-15(10-4-1-2-5-12(10)20-14)19-9-11(17)13-6-3-7-18-13/h1-7H,9H2. The predicted octanol–water partition coefficient (Wildman–Crippen LogP) is 3.16. The van der Waals surface area contributed by atoms with Crippen molar-refractivity contribution in [1.29, 1.82) is 5.26 Å². The summed E-state index contributed by atoms with van der Waals surface area (Å²) in [5.41, 5.74) is 0.546. The van der Waals surface area contributed by atoms with Crippen LogP contribution < -0.4 is 4.74 Å². The lowest BCUT2D eigenvalue weighted by atomic mass is 10.2. The molecule has 0 N–H and O–H groups in total. The van der Waals surface area contributed by atoms with Gasteiger partial charge in [-0.25, -0.2) is 0 Å². The van der Waals surface area contributed by atoms with Crippen LogP contribution in [0.1, 0.15) is 16.3 Å². The summed E-state index contributed by atoms with van der Waals surface area (Å²) in [5, 5.41) is 9.70. The normalized spacial score (nSPS) is 10.3. The van der Waals surface area contributed by atoms with Gasteiger partial charge in [-0.2, -0.15) is 5.26 Å². The summed E-state index contributed by atoms with van der Waals surface area (Å²) in [4.78, 5) is 11.8. The third-order valence-electron chi connectivity index (χ3n) is 2.80. The van der Waals surface area contributed by atoms with Crippen molar-refractivity contribution in [2.24, 2.45) is 0 Å². The van der Waals surface area contributed by atoms with E-state index in [1.807, 2.05) is 6.07 Å². The number of para-hydroxylation sites is 1. The molecule has 98 valence electrons. The number of Topliss-reactive ketones (excluding diaryl/α,β-unsaturated/α-hetero) is 1. The van der Waals surface area contributed by atoms with E-state index in [-0.39, 0.29) is 29.7 Å². The number of hydrogen-bond acceptors (Lipinski definition) is 5. The number of nitriles is 1. The van der Waals surface area contributed by atoms with Crippen LogP contribution in [0.15, 0.2) is 51.5 Å². The lowest BCUT2D eigenvalue weighted by molar-refractivity contribution is 0.0894. The van der Waals surface area contributed by atoms with Crippen molar-refractivity contribution < 1.29 is 18.4 Å². The topological polar surface area (TPSA) is 76.4 Å². The first kappa shape index (κ1) is 12.1. The summed E-state index contributed by atoms with van der Waals surface area (Å²) in [6, 6.07) is 12.2. The second kappa shape index (κ2) is 4.94. The van der Waals surface area contributed by atoms with Crippen LogP contribution in [0.3, 0.4) is 0 Å². The highest BCUT2D eigenvalue weighted by Gasteiger charge is 2.17. The Morgan fingerprint density at radius 3 is 2.85 bits per heavy atom. The molecular weight excluding hydrogens is 258 g/mol. The SMILES string of the molecule is N#Cc1oc2ccccc2c1OCC(=O)c1ccco1. The number of carbonyl (C=O) groups is 1. The highest BCUT2D eigenvalue weighted by molar-refractivity contribution is 5.95. The van der Waals surface area contributed by atoms with Gasteiger partial charge < -0.3 is 13.6 Å². The van der Waals surface area contributed by atoms with Crippen molar-refractivity contribution in [3.05, 3.63) is 54.2 Å². The molecule has 5 heteroatoms. The van der Waals surface area contributed by atoms with Gasteiger partial charge in [0.1, 0.15) is 11.7 Å². The molecular formula is C15H9NO4. The Morgan fingerprint density at radius 2 is 2.10 bits per heavy atom. The van der Waals surface area contributed by atoms with E-state index in [1.54, 1.807) is 36.4 Å². The molecule has 0 fully saturated rings. The lowest BCUT2D eigenvalue weighted by Crippen LogP contribution is -2.10. The van der Waals surface area contributed by atoms with Crippen LogP contribution in [0.5, 0.6) is 5.75 Å². The summed E-state index contributed by atoms with van der Waals surface area (Å²) < 4.78 is 15.8. The third-order valence-corrected chi connectivity index (χ3v) is 2.80. The van der Waals surface area contributed by atoms with E-state index in [0.717, 1.165) is 0 Å². The predicted molar refractivity (Wildman–Crippen MR) is 69.5 cm³/mol. The zero-order valence-electron chi connectivity index (χ0n) is 10.3. The van der Waals surface area contributed by atoms with Gasteiger partial charge in [0, 0.05) is 0 Å². The number of ether oxygens (including phenoxy) is 1. The van der Waals surface area contributed by atoms with Gasteiger partial charge in [-0.15, -0.1) is 0 Å². The Bertz CT molecular complexity index is 793. The summed E-state index contributed by atoms with van der Waals surface area (Å²) in [6.07, 6.45) is 1.42. The number of hydrogen-bond donors (Lipinski definition) is 0. The number of furan rings is 2. The van der Waals surface area contributed by atoms with Crippen molar-refractivity contribution in [3.63, 3.8) is 0 Å². The van der Waals surface area contributed by atoms with Gasteiger partial charge in [0.25, 0.3) is 0 Å². The first-order valence-corrected chi connectivity index (χ1v) is 5.90. The van der Waals surface area contributed by atoms with E-state index in [4.69, 9.17) is 18.8 Å². The minimum atomic E-state index is -0.302. The fourth-order valence-corrected chi connectivity index (χ4v) is 1.88. The maximum absolute atomic E-state index is 11.8. The molecule has 0 aliphatic carbocycles. The molecule has 3 rings (SSSR count). The van der Waals surface area contributed by atoms with Gasteiger partial charge >= 0.3 is 0 Å². The summed E-state index contributed by atoms with van der Waals surface area (Å²) in [6.45, 7) is -0.217. The molecule has 20 heavy (non-hydrogen) atoms. The number of benzene rings is 1. The lowest BCUT2D eigenvalue weighted by Gasteiger charge is -2.02. The molecule has 0 bridgehead atoms. The Morgan fingerprint density at radius 1 is 1.25 bits per heavy atom. The Hall–Kier alpha value is -3.00. The third kappa shape index (κ3) is 2.04. The average Bonchev–Trinajstić information content (AvgIpc) is 3.12. The van der Waals surface area contributed by atoms with E-state index in [0.29, 0.717) is 11.0 Å². The molecule has 3 aromatic rings. The van der Waals surface area contributed by atoms with E-state index >= 15 is 0 Å². The molecule has 0 spiro atoms. The zero-order chi connectivity index (χ0) is 13.9. The number of carbonyl (C=O) groups excluding carboxylic acids is 1. The Balaban J connectivity index is 1.87. The van der Waals surface area contributed by atoms with Crippen molar-refractivity contribution >= 4 is 16.8 Å². The van der Waals surface area contributed by atoms with Gasteiger partial charge in [-0.3, -0.25) is 4.79 Å². The second-order valence-corrected chi connectivity index (χ2v) is 4.06. The summed E-state index contributed by atoms with van der Waals surface area (Å²) in [5.74, 6) is 0.252. The van der Waals surface area contributed by atoms with Crippen molar-refractivity contribution in [2.45, 2.75) is 0 Å². The molecule has 5 nitrogen and oxygen atoms in total. The minimum Gasteiger partial charge on any atom is -0.480 e. The Labute approximate surface area is 114 Å². The molecule has 2 aromatic heterocycles. The highest BCUT2D eigenvalue weighted by atomic mass is 16.5. The minimum absolute atomic E-state index is 0.0541. The zero-order valence-corrected chi connectivity index (χ0v) is 10.3. The number of ketones is 1. The van der Waals surface area contributed by atoms with Crippen LogP contribution in [0.4, 0.5) is 0 Å². The van der Waals surface area contributed by atoms with Crippen LogP contribution in [-0.2, 0) is 0 Å². The van der Waals surface area contributed by atoms with Gasteiger partial charge in [-0.05, 0) is 24.3 Å². The van der Waals surface area contributed by atoms with Crippen molar-refractivity contribution in [2.75, 3.05) is 6.61 Å². The monoisotopic (exact) mass is 267 g/mol. The first-order chi connectivity index (χ1) is 9.79. The quantitative estimate of drug-likeness (QED) is 0.678. The maximum atomic E-state index is 11.8. The van der Waals surface area contributed by atoms with Crippen LogP contribution in [0.2, 0.25) is 0 Å². The fourth-order valence-electron chi connectivity index (χ4n) is 1.88. The first-order valence-electron chi connectivity index (χ1n) is 5.90. The number of rotatable bonds is 4. The van der Waals surface area contributed by atoms with Crippen molar-refractivity contribution in [1.82, 2.24) is 0 Å². The molecule has 2 heterocycles. The van der Waals surface area contributed by atoms with E-state index < -0.39 is 0 Å². The number of nitrogens with zero attached hydrogens (tertiary/aromatic N) is 1. The molecule has 0 radical (unpaired) electrons. The molecule has 0 atom stereocenters. The fraction of sp³-hybridized carbons (Fsp3) is 0.0667.